The molecule has 0 aliphatic heterocycles. The van der Waals surface area contributed by atoms with Crippen LogP contribution in [0.5, 0.6) is 5.75 Å². The maximum absolute atomic E-state index is 6.10. The Morgan fingerprint density at radius 1 is 1.35 bits per heavy atom. The number of nitrogens with one attached hydrogen (secondary N) is 1. The number of rotatable bonds is 6. The van der Waals surface area contributed by atoms with Crippen molar-refractivity contribution in [2.75, 3.05) is 11.9 Å². The van der Waals surface area contributed by atoms with Gasteiger partial charge in [0, 0.05) is 9.90 Å². The minimum atomic E-state index is 0.234. The summed E-state index contributed by atoms with van der Waals surface area (Å²) in [6, 6.07) is 8.08. The summed E-state index contributed by atoms with van der Waals surface area (Å²) in [5.74, 6) is 0.859. The molecule has 0 amide bonds. The van der Waals surface area contributed by atoms with Crippen LogP contribution in [0.4, 0.5) is 5.69 Å². The minimum absolute atomic E-state index is 0.234. The highest BCUT2D eigenvalue weighted by Gasteiger charge is 2.12. The summed E-state index contributed by atoms with van der Waals surface area (Å²) in [4.78, 5) is 1.34. The number of hydrogen-bond donors (Lipinski definition) is 1. The smallest absolute Gasteiger partial charge is 0.142 e. The zero-order valence-electron chi connectivity index (χ0n) is 12.1. The van der Waals surface area contributed by atoms with E-state index in [-0.39, 0.29) is 6.04 Å². The van der Waals surface area contributed by atoms with Crippen molar-refractivity contribution in [1.82, 2.24) is 0 Å². The number of hydrogen-bond acceptors (Lipinski definition) is 3. The van der Waals surface area contributed by atoms with E-state index in [1.807, 2.05) is 18.2 Å². The van der Waals surface area contributed by atoms with Crippen LogP contribution in [0.15, 0.2) is 29.6 Å². The van der Waals surface area contributed by atoms with Crippen molar-refractivity contribution in [3.8, 4) is 5.75 Å². The molecule has 2 nitrogen and oxygen atoms in total. The number of anilines is 1. The van der Waals surface area contributed by atoms with Crippen LogP contribution in [0.1, 0.15) is 36.8 Å². The second kappa shape index (κ2) is 7.00. The van der Waals surface area contributed by atoms with Gasteiger partial charge in [-0.15, -0.1) is 11.3 Å². The Morgan fingerprint density at radius 3 is 2.80 bits per heavy atom. The lowest BCUT2D eigenvalue weighted by Crippen LogP contribution is -2.08. The van der Waals surface area contributed by atoms with E-state index in [1.165, 1.54) is 10.4 Å². The Balaban J connectivity index is 2.19. The number of thiophene rings is 1. The predicted octanol–water partition coefficient (Wildman–Crippen LogP) is 5.67. The van der Waals surface area contributed by atoms with E-state index in [0.29, 0.717) is 11.6 Å². The van der Waals surface area contributed by atoms with Crippen molar-refractivity contribution in [3.63, 3.8) is 0 Å². The van der Waals surface area contributed by atoms with Crippen LogP contribution in [0.25, 0.3) is 0 Å². The second-order valence-corrected chi connectivity index (χ2v) is 6.21. The zero-order valence-corrected chi connectivity index (χ0v) is 13.6. The molecule has 2 rings (SSSR count). The van der Waals surface area contributed by atoms with Crippen LogP contribution in [-0.2, 0) is 0 Å². The lowest BCUT2D eigenvalue weighted by molar-refractivity contribution is 0.318. The van der Waals surface area contributed by atoms with Gasteiger partial charge in [-0.3, -0.25) is 0 Å². The van der Waals surface area contributed by atoms with Gasteiger partial charge >= 0.3 is 0 Å². The first-order chi connectivity index (χ1) is 9.61. The monoisotopic (exact) mass is 309 g/mol. The molecule has 1 aromatic heterocycles. The molecule has 20 heavy (non-hydrogen) atoms. The van der Waals surface area contributed by atoms with Gasteiger partial charge in [-0.05, 0) is 55.5 Å². The molecule has 2 aromatic rings. The van der Waals surface area contributed by atoms with Gasteiger partial charge < -0.3 is 10.1 Å². The van der Waals surface area contributed by atoms with Crippen LogP contribution in [-0.4, -0.2) is 6.61 Å². The first-order valence-corrected chi connectivity index (χ1v) is 8.10. The van der Waals surface area contributed by atoms with Gasteiger partial charge in [-0.2, -0.15) is 0 Å². The Labute approximate surface area is 129 Å². The highest BCUT2D eigenvalue weighted by atomic mass is 35.5. The Hall–Kier alpha value is -1.19. The van der Waals surface area contributed by atoms with Crippen molar-refractivity contribution in [3.05, 3.63) is 45.1 Å². The summed E-state index contributed by atoms with van der Waals surface area (Å²) < 4.78 is 5.77. The normalized spacial score (nSPS) is 12.2. The minimum Gasteiger partial charge on any atom is -0.491 e. The molecule has 1 atom stereocenters. The highest BCUT2D eigenvalue weighted by molar-refractivity contribution is 7.10. The van der Waals surface area contributed by atoms with E-state index in [4.69, 9.17) is 16.3 Å². The Morgan fingerprint density at radius 2 is 2.15 bits per heavy atom. The van der Waals surface area contributed by atoms with Crippen molar-refractivity contribution in [2.45, 2.75) is 33.2 Å². The van der Waals surface area contributed by atoms with Crippen molar-refractivity contribution >= 4 is 28.6 Å². The molecule has 108 valence electrons. The van der Waals surface area contributed by atoms with Gasteiger partial charge in [0.25, 0.3) is 0 Å². The van der Waals surface area contributed by atoms with Gasteiger partial charge in [0.05, 0.1) is 18.3 Å². The van der Waals surface area contributed by atoms with Crippen molar-refractivity contribution in [2.24, 2.45) is 0 Å². The van der Waals surface area contributed by atoms with E-state index in [9.17, 15) is 0 Å². The van der Waals surface area contributed by atoms with Crippen LogP contribution < -0.4 is 10.1 Å². The van der Waals surface area contributed by atoms with Gasteiger partial charge in [0.1, 0.15) is 5.75 Å². The maximum Gasteiger partial charge on any atom is 0.142 e. The van der Waals surface area contributed by atoms with E-state index in [2.05, 4.69) is 37.5 Å². The molecule has 0 spiro atoms. The van der Waals surface area contributed by atoms with E-state index >= 15 is 0 Å². The number of ether oxygens (including phenoxy) is 1. The summed E-state index contributed by atoms with van der Waals surface area (Å²) in [6.07, 6.45) is 0.988. The quantitative estimate of drug-likeness (QED) is 0.742. The largest absolute Gasteiger partial charge is 0.491 e. The summed E-state index contributed by atoms with van der Waals surface area (Å²) in [7, 11) is 0. The molecular weight excluding hydrogens is 290 g/mol. The highest BCUT2D eigenvalue weighted by Crippen LogP contribution is 2.33. The molecule has 0 fully saturated rings. The average molecular weight is 310 g/mol. The lowest BCUT2D eigenvalue weighted by atomic mass is 10.1. The molecular formula is C16H20ClNOS. The van der Waals surface area contributed by atoms with Crippen molar-refractivity contribution < 1.29 is 4.74 Å². The molecule has 1 N–H and O–H groups in total. The zero-order chi connectivity index (χ0) is 14.5. The first kappa shape index (κ1) is 15.2. The molecule has 0 bridgehead atoms. The number of aryl methyl sites for hydroxylation is 1. The summed E-state index contributed by atoms with van der Waals surface area (Å²) in [5.41, 5.74) is 2.26. The molecule has 1 aromatic carbocycles. The molecule has 1 unspecified atom stereocenters. The first-order valence-electron chi connectivity index (χ1n) is 6.84. The molecule has 1 heterocycles. The molecule has 0 aliphatic carbocycles. The van der Waals surface area contributed by atoms with Gasteiger partial charge in [0.2, 0.25) is 0 Å². The summed E-state index contributed by atoms with van der Waals surface area (Å²) in [6.45, 7) is 7.10. The summed E-state index contributed by atoms with van der Waals surface area (Å²) in [5, 5.41) is 6.34. The van der Waals surface area contributed by atoms with E-state index < -0.39 is 0 Å². The second-order valence-electron chi connectivity index (χ2n) is 4.82. The standard InChI is InChI=1S/C16H20ClNOS/c1-4-8-19-15-6-5-13(17)10-14(15)18-12(3)16-11(2)7-9-20-16/h5-7,9-10,12,18H,4,8H2,1-3H3. The Kier molecular flexibility index (Phi) is 5.32. The van der Waals surface area contributed by atoms with Crippen molar-refractivity contribution in [1.29, 1.82) is 0 Å². The average Bonchev–Trinajstić information content (AvgIpc) is 2.84. The summed E-state index contributed by atoms with van der Waals surface area (Å²) >= 11 is 7.87. The third-order valence-electron chi connectivity index (χ3n) is 3.07. The number of halogens is 1. The lowest BCUT2D eigenvalue weighted by Gasteiger charge is -2.18. The molecule has 4 heteroatoms. The fraction of sp³-hybridized carbons (Fsp3) is 0.375. The molecule has 0 aliphatic rings. The van der Waals surface area contributed by atoms with Crippen LogP contribution in [0.2, 0.25) is 5.02 Å². The third kappa shape index (κ3) is 3.68. The third-order valence-corrected chi connectivity index (χ3v) is 4.51. The van der Waals surface area contributed by atoms with Crippen LogP contribution in [0.3, 0.4) is 0 Å². The van der Waals surface area contributed by atoms with E-state index in [1.54, 1.807) is 11.3 Å². The SMILES string of the molecule is CCCOc1ccc(Cl)cc1NC(C)c1sccc1C. The topological polar surface area (TPSA) is 21.3 Å². The Bertz CT molecular complexity index is 567. The fourth-order valence-electron chi connectivity index (χ4n) is 2.08. The van der Waals surface area contributed by atoms with Gasteiger partial charge in [0.15, 0.2) is 0 Å². The van der Waals surface area contributed by atoms with E-state index in [0.717, 1.165) is 17.9 Å². The maximum atomic E-state index is 6.10. The van der Waals surface area contributed by atoms with Gasteiger partial charge in [-0.1, -0.05) is 18.5 Å². The number of benzene rings is 1. The molecule has 0 radical (unpaired) electrons. The molecule has 0 saturated carbocycles. The van der Waals surface area contributed by atoms with Crippen LogP contribution in [0, 0.1) is 6.92 Å². The fourth-order valence-corrected chi connectivity index (χ4v) is 3.19. The van der Waals surface area contributed by atoms with Gasteiger partial charge in [-0.25, -0.2) is 0 Å². The molecule has 0 saturated heterocycles. The predicted molar refractivity (Wildman–Crippen MR) is 88.3 cm³/mol. The van der Waals surface area contributed by atoms with Crippen LogP contribution >= 0.6 is 22.9 Å².